The van der Waals surface area contributed by atoms with Crippen molar-refractivity contribution in [3.8, 4) is 9.75 Å². The number of thiophene rings is 2. The molecule has 0 saturated carbocycles. The Balaban J connectivity index is 2.51. The molecule has 0 unspecified atom stereocenters. The molecule has 0 saturated heterocycles. The summed E-state index contributed by atoms with van der Waals surface area (Å²) in [7, 11) is -2.80. The quantitative estimate of drug-likeness (QED) is 0.381. The normalized spacial score (nSPS) is 13.7. The maximum absolute atomic E-state index is 3.85. The summed E-state index contributed by atoms with van der Waals surface area (Å²) in [5.41, 5.74) is 0. The molecule has 2 aromatic rings. The molecule has 0 aliphatic heterocycles. The fourth-order valence-electron chi connectivity index (χ4n) is 2.26. The summed E-state index contributed by atoms with van der Waals surface area (Å²) in [6.07, 6.45) is 0. The minimum atomic E-state index is -1.51. The van der Waals surface area contributed by atoms with Crippen molar-refractivity contribution in [1.29, 1.82) is 0 Å². The van der Waals surface area contributed by atoms with Crippen LogP contribution in [0.3, 0.4) is 0 Å². The molecular formula is C17H26Br2S2Si2. The van der Waals surface area contributed by atoms with E-state index in [1.165, 1.54) is 18.7 Å². The van der Waals surface area contributed by atoms with Crippen LogP contribution in [0.15, 0.2) is 21.1 Å². The predicted octanol–water partition coefficient (Wildman–Crippen LogP) is 7.26. The monoisotopic (exact) mass is 508 g/mol. The van der Waals surface area contributed by atoms with Gasteiger partial charge in [-0.1, -0.05) is 85.4 Å². The van der Waals surface area contributed by atoms with Crippen molar-refractivity contribution in [2.75, 3.05) is 0 Å². The Labute approximate surface area is 168 Å². The number of hydrogen-bond donors (Lipinski definition) is 0. The molecular weight excluding hydrogens is 484 g/mol. The second-order valence-corrected chi connectivity index (χ2v) is 23.5. The lowest BCUT2D eigenvalue weighted by atomic mass is 10.2. The van der Waals surface area contributed by atoms with Crippen molar-refractivity contribution in [3.05, 3.63) is 21.1 Å². The van der Waals surface area contributed by atoms with Crippen LogP contribution in [0.2, 0.25) is 37.8 Å². The third-order valence-corrected chi connectivity index (χ3v) is 20.1. The Kier molecular flexibility index (Phi) is 5.69. The molecule has 0 aromatic carbocycles. The zero-order valence-corrected chi connectivity index (χ0v) is 22.0. The van der Waals surface area contributed by atoms with Crippen LogP contribution in [0, 0.1) is 0 Å². The van der Waals surface area contributed by atoms with Gasteiger partial charge in [0.25, 0.3) is 0 Å². The van der Waals surface area contributed by atoms with Gasteiger partial charge in [0.1, 0.15) is 8.07 Å². The van der Waals surface area contributed by atoms with Crippen LogP contribution in [0.5, 0.6) is 0 Å². The number of hydrogen-bond acceptors (Lipinski definition) is 2. The van der Waals surface area contributed by atoms with E-state index in [9.17, 15) is 0 Å². The highest BCUT2D eigenvalue weighted by atomic mass is 79.9. The summed E-state index contributed by atoms with van der Waals surface area (Å²) in [5, 5.41) is 0.358. The smallest absolute Gasteiger partial charge is 0.100 e. The van der Waals surface area contributed by atoms with E-state index in [0.29, 0.717) is 5.04 Å². The highest BCUT2D eigenvalue weighted by Gasteiger charge is 2.39. The molecule has 0 atom stereocenters. The van der Waals surface area contributed by atoms with E-state index in [0.717, 1.165) is 0 Å². The minimum absolute atomic E-state index is 0.358. The van der Waals surface area contributed by atoms with Crippen LogP contribution < -0.4 is 9.00 Å². The molecule has 0 radical (unpaired) electrons. The summed E-state index contributed by atoms with van der Waals surface area (Å²) in [6.45, 7) is 19.4. The molecule has 6 heteroatoms. The lowest BCUT2D eigenvalue weighted by Gasteiger charge is -2.36. The second kappa shape index (κ2) is 6.51. The average Bonchev–Trinajstić information content (AvgIpc) is 2.90. The second-order valence-electron chi connectivity index (χ2n) is 8.70. The summed E-state index contributed by atoms with van der Waals surface area (Å²) in [5.74, 6) is 0. The Morgan fingerprint density at radius 1 is 0.783 bits per heavy atom. The summed E-state index contributed by atoms with van der Waals surface area (Å²) in [6, 6.07) is 4.67. The lowest BCUT2D eigenvalue weighted by molar-refractivity contribution is 0.730. The first-order valence-electron chi connectivity index (χ1n) is 7.85. The van der Waals surface area contributed by atoms with Crippen LogP contribution in [-0.4, -0.2) is 16.1 Å². The van der Waals surface area contributed by atoms with E-state index >= 15 is 0 Å². The van der Waals surface area contributed by atoms with Gasteiger partial charge in [0.2, 0.25) is 0 Å². The van der Waals surface area contributed by atoms with Crippen LogP contribution in [0.4, 0.5) is 0 Å². The standard InChI is InChI=1S/C17H26Br2S2Si2/c1-17(2,3)23(7,8)16-12(19)10-14(21-16)13-9-11(18)15(20-13)22(4,5)6/h9-10H,1-8H3. The first-order chi connectivity index (χ1) is 10.2. The van der Waals surface area contributed by atoms with Gasteiger partial charge in [0, 0.05) is 27.7 Å². The maximum Gasteiger partial charge on any atom is 0.100 e. The lowest BCUT2D eigenvalue weighted by Crippen LogP contribution is -2.48. The minimum Gasteiger partial charge on any atom is -0.143 e. The van der Waals surface area contributed by atoms with Gasteiger partial charge in [-0.05, 0) is 17.2 Å². The zero-order valence-electron chi connectivity index (χ0n) is 15.2. The number of halogens is 2. The van der Waals surface area contributed by atoms with E-state index in [-0.39, 0.29) is 0 Å². The van der Waals surface area contributed by atoms with Gasteiger partial charge in [-0.15, -0.1) is 22.7 Å². The molecule has 0 aliphatic carbocycles. The summed E-state index contributed by atoms with van der Waals surface area (Å²) < 4.78 is 5.75. The van der Waals surface area contributed by atoms with Gasteiger partial charge in [-0.25, -0.2) is 0 Å². The van der Waals surface area contributed by atoms with Crippen LogP contribution in [0.1, 0.15) is 20.8 Å². The number of rotatable bonds is 3. The Hall–Kier alpha value is 0.794. The van der Waals surface area contributed by atoms with Gasteiger partial charge >= 0.3 is 0 Å². The van der Waals surface area contributed by atoms with Crippen molar-refractivity contribution in [2.24, 2.45) is 0 Å². The van der Waals surface area contributed by atoms with Crippen molar-refractivity contribution < 1.29 is 0 Å². The van der Waals surface area contributed by atoms with Crippen molar-refractivity contribution in [3.63, 3.8) is 0 Å². The van der Waals surface area contributed by atoms with Crippen LogP contribution >= 0.6 is 54.5 Å². The Morgan fingerprint density at radius 3 is 1.52 bits per heavy atom. The zero-order chi connectivity index (χ0) is 17.8. The summed E-state index contributed by atoms with van der Waals surface area (Å²) >= 11 is 11.6. The Morgan fingerprint density at radius 2 is 1.17 bits per heavy atom. The van der Waals surface area contributed by atoms with Gasteiger partial charge in [0.05, 0.1) is 8.07 Å². The van der Waals surface area contributed by atoms with E-state index < -0.39 is 16.1 Å². The van der Waals surface area contributed by atoms with Crippen LogP contribution in [-0.2, 0) is 0 Å². The SMILES string of the molecule is CC(C)(C)[Si](C)(C)c1sc(-c2cc(Br)c([Si](C)(C)C)s2)cc1Br. The van der Waals surface area contributed by atoms with E-state index in [2.05, 4.69) is 97.5 Å². The van der Waals surface area contributed by atoms with Gasteiger partial charge in [-0.2, -0.15) is 0 Å². The Bertz CT molecular complexity index is 716. The molecule has 0 nitrogen and oxygen atoms in total. The highest BCUT2D eigenvalue weighted by Crippen LogP contribution is 2.42. The van der Waals surface area contributed by atoms with Crippen molar-refractivity contribution in [2.45, 2.75) is 58.5 Å². The first kappa shape index (κ1) is 20.1. The molecule has 2 rings (SSSR count). The maximum atomic E-state index is 3.85. The summed E-state index contributed by atoms with van der Waals surface area (Å²) in [4.78, 5) is 2.82. The molecule has 23 heavy (non-hydrogen) atoms. The molecule has 0 N–H and O–H groups in total. The van der Waals surface area contributed by atoms with E-state index in [4.69, 9.17) is 0 Å². The third kappa shape index (κ3) is 3.97. The van der Waals surface area contributed by atoms with E-state index in [1.54, 1.807) is 9.00 Å². The molecule has 2 aromatic heterocycles. The molecule has 2 heterocycles. The fourth-order valence-corrected chi connectivity index (χ4v) is 14.4. The first-order valence-corrected chi connectivity index (χ1v) is 17.6. The van der Waals surface area contributed by atoms with Crippen molar-refractivity contribution in [1.82, 2.24) is 0 Å². The third-order valence-electron chi connectivity index (χ3n) is 4.74. The topological polar surface area (TPSA) is 0 Å². The molecule has 0 fully saturated rings. The highest BCUT2D eigenvalue weighted by molar-refractivity contribution is 9.11. The largest absolute Gasteiger partial charge is 0.143 e. The molecule has 128 valence electrons. The predicted molar refractivity (Wildman–Crippen MR) is 123 cm³/mol. The molecule has 0 bridgehead atoms. The fraction of sp³-hybridized carbons (Fsp3) is 0.529. The van der Waals surface area contributed by atoms with Gasteiger partial charge in [0.15, 0.2) is 0 Å². The molecule has 0 amide bonds. The molecule has 0 spiro atoms. The van der Waals surface area contributed by atoms with Gasteiger partial charge < -0.3 is 0 Å². The van der Waals surface area contributed by atoms with Crippen LogP contribution in [0.25, 0.3) is 9.75 Å². The molecule has 0 aliphatic rings. The van der Waals surface area contributed by atoms with Crippen molar-refractivity contribution >= 4 is 79.7 Å². The van der Waals surface area contributed by atoms with E-state index in [1.807, 2.05) is 22.7 Å². The average molecular weight is 511 g/mol. The van der Waals surface area contributed by atoms with Gasteiger partial charge in [-0.3, -0.25) is 0 Å².